The molecule has 2 nitrogen and oxygen atoms in total. The molecule has 0 bridgehead atoms. The quantitative estimate of drug-likeness (QED) is 0.785. The van der Waals surface area contributed by atoms with Gasteiger partial charge in [0.1, 0.15) is 0 Å². The van der Waals surface area contributed by atoms with Gasteiger partial charge in [0.05, 0.1) is 0 Å². The van der Waals surface area contributed by atoms with Gasteiger partial charge in [0, 0.05) is 28.9 Å². The number of H-pyrrole nitrogens is 1. The third-order valence-electron chi connectivity index (χ3n) is 2.15. The molecule has 1 aromatic carbocycles. The predicted molar refractivity (Wildman–Crippen MR) is 64.3 cm³/mol. The number of aromatic nitrogens is 1. The monoisotopic (exact) mass is 217 g/mol. The minimum atomic E-state index is 0.0262. The topological polar surface area (TPSA) is 32.9 Å². The van der Waals surface area contributed by atoms with Crippen molar-refractivity contribution >= 4 is 11.8 Å². The van der Waals surface area contributed by atoms with E-state index in [-0.39, 0.29) is 5.43 Å². The first-order valence-electron chi connectivity index (χ1n) is 4.63. The zero-order chi connectivity index (χ0) is 10.7. The SMILES string of the molecule is CSc1cccc(-c2cc(=O)cc[nH]2)c1. The highest BCUT2D eigenvalue weighted by atomic mass is 32.2. The molecule has 3 heteroatoms. The highest BCUT2D eigenvalue weighted by Gasteiger charge is 1.99. The molecule has 0 unspecified atom stereocenters. The molecule has 0 saturated heterocycles. The Bertz CT molecular complexity index is 519. The van der Waals surface area contributed by atoms with Crippen molar-refractivity contribution in [2.24, 2.45) is 0 Å². The van der Waals surface area contributed by atoms with Crippen molar-refractivity contribution in [2.45, 2.75) is 4.90 Å². The standard InChI is InChI=1S/C12H11NOS/c1-15-11-4-2-3-9(7-11)12-8-10(14)5-6-13-12/h2-8H,1H3,(H,13,14). The Morgan fingerprint density at radius 1 is 1.20 bits per heavy atom. The minimum Gasteiger partial charge on any atom is -0.361 e. The number of pyridine rings is 1. The maximum absolute atomic E-state index is 11.2. The number of hydrogen-bond acceptors (Lipinski definition) is 2. The largest absolute Gasteiger partial charge is 0.361 e. The van der Waals surface area contributed by atoms with Gasteiger partial charge in [-0.2, -0.15) is 0 Å². The molecule has 1 aromatic heterocycles. The smallest absolute Gasteiger partial charge is 0.182 e. The molecule has 0 radical (unpaired) electrons. The normalized spacial score (nSPS) is 10.2. The van der Waals surface area contributed by atoms with Crippen molar-refractivity contribution < 1.29 is 0 Å². The van der Waals surface area contributed by atoms with Crippen molar-refractivity contribution in [3.8, 4) is 11.3 Å². The molecule has 1 heterocycles. The van der Waals surface area contributed by atoms with E-state index in [4.69, 9.17) is 0 Å². The molecule has 15 heavy (non-hydrogen) atoms. The van der Waals surface area contributed by atoms with E-state index in [2.05, 4.69) is 17.1 Å². The Hall–Kier alpha value is -1.48. The highest BCUT2D eigenvalue weighted by molar-refractivity contribution is 7.98. The molecule has 0 spiro atoms. The lowest BCUT2D eigenvalue weighted by atomic mass is 10.1. The summed E-state index contributed by atoms with van der Waals surface area (Å²) in [7, 11) is 0. The van der Waals surface area contributed by atoms with Crippen LogP contribution in [0.25, 0.3) is 11.3 Å². The van der Waals surface area contributed by atoms with Crippen LogP contribution in [0.1, 0.15) is 0 Å². The first-order chi connectivity index (χ1) is 7.29. The van der Waals surface area contributed by atoms with E-state index in [1.807, 2.05) is 18.4 Å². The second kappa shape index (κ2) is 4.36. The molecular formula is C12H11NOS. The van der Waals surface area contributed by atoms with Crippen LogP contribution in [0.15, 0.2) is 52.3 Å². The fourth-order valence-electron chi connectivity index (χ4n) is 1.40. The van der Waals surface area contributed by atoms with Gasteiger partial charge in [0.15, 0.2) is 5.43 Å². The van der Waals surface area contributed by atoms with Gasteiger partial charge in [-0.1, -0.05) is 12.1 Å². The van der Waals surface area contributed by atoms with Crippen molar-refractivity contribution in [1.29, 1.82) is 0 Å². The van der Waals surface area contributed by atoms with E-state index >= 15 is 0 Å². The van der Waals surface area contributed by atoms with Crippen molar-refractivity contribution in [2.75, 3.05) is 6.26 Å². The molecular weight excluding hydrogens is 206 g/mol. The first kappa shape index (κ1) is 10.1. The molecule has 2 rings (SSSR count). The number of rotatable bonds is 2. The van der Waals surface area contributed by atoms with Crippen LogP contribution in [0.2, 0.25) is 0 Å². The molecule has 2 aromatic rings. The number of hydrogen-bond donors (Lipinski definition) is 1. The lowest BCUT2D eigenvalue weighted by Crippen LogP contribution is -1.97. The van der Waals surface area contributed by atoms with Gasteiger partial charge in [0.2, 0.25) is 0 Å². The Labute approximate surface area is 92.4 Å². The van der Waals surface area contributed by atoms with Crippen molar-refractivity contribution in [3.05, 3.63) is 52.8 Å². The molecule has 1 N–H and O–H groups in total. The highest BCUT2D eigenvalue weighted by Crippen LogP contribution is 2.21. The Balaban J connectivity index is 2.49. The molecule has 0 aliphatic carbocycles. The van der Waals surface area contributed by atoms with Crippen LogP contribution >= 0.6 is 11.8 Å². The fraction of sp³-hybridized carbons (Fsp3) is 0.0833. The minimum absolute atomic E-state index is 0.0262. The van der Waals surface area contributed by atoms with Gasteiger partial charge in [-0.25, -0.2) is 0 Å². The maximum Gasteiger partial charge on any atom is 0.182 e. The molecule has 0 saturated carbocycles. The Kier molecular flexibility index (Phi) is 2.92. The van der Waals surface area contributed by atoms with Crippen LogP contribution < -0.4 is 5.43 Å². The lowest BCUT2D eigenvalue weighted by Gasteiger charge is -2.02. The summed E-state index contributed by atoms with van der Waals surface area (Å²) in [5.41, 5.74) is 1.93. The Morgan fingerprint density at radius 3 is 2.80 bits per heavy atom. The van der Waals surface area contributed by atoms with Crippen LogP contribution in [-0.2, 0) is 0 Å². The third-order valence-corrected chi connectivity index (χ3v) is 2.88. The second-order valence-corrected chi connectivity index (χ2v) is 4.05. The van der Waals surface area contributed by atoms with E-state index in [0.29, 0.717) is 0 Å². The second-order valence-electron chi connectivity index (χ2n) is 3.17. The van der Waals surface area contributed by atoms with Gasteiger partial charge in [-0.15, -0.1) is 11.8 Å². The van der Waals surface area contributed by atoms with E-state index in [1.165, 1.54) is 11.0 Å². The van der Waals surface area contributed by atoms with Gasteiger partial charge < -0.3 is 4.98 Å². The molecule has 0 amide bonds. The zero-order valence-corrected chi connectivity index (χ0v) is 9.17. The molecule has 0 aliphatic heterocycles. The Morgan fingerprint density at radius 2 is 2.07 bits per heavy atom. The zero-order valence-electron chi connectivity index (χ0n) is 8.36. The summed E-state index contributed by atoms with van der Waals surface area (Å²) in [5.74, 6) is 0. The molecule has 76 valence electrons. The van der Waals surface area contributed by atoms with Crippen LogP contribution in [0.4, 0.5) is 0 Å². The number of benzene rings is 1. The summed E-state index contributed by atoms with van der Waals surface area (Å²) in [6, 6.07) is 11.2. The van der Waals surface area contributed by atoms with Crippen LogP contribution in [0.5, 0.6) is 0 Å². The average molecular weight is 217 g/mol. The predicted octanol–water partition coefficient (Wildman–Crippen LogP) is 2.76. The van der Waals surface area contributed by atoms with Gasteiger partial charge in [-0.05, 0) is 24.0 Å². The van der Waals surface area contributed by atoms with E-state index in [9.17, 15) is 4.79 Å². The fourth-order valence-corrected chi connectivity index (χ4v) is 1.86. The van der Waals surface area contributed by atoms with Crippen molar-refractivity contribution in [3.63, 3.8) is 0 Å². The van der Waals surface area contributed by atoms with Crippen LogP contribution in [0, 0.1) is 0 Å². The molecule has 0 fully saturated rings. The number of nitrogens with one attached hydrogen (secondary N) is 1. The lowest BCUT2D eigenvalue weighted by molar-refractivity contribution is 1.29. The first-order valence-corrected chi connectivity index (χ1v) is 5.85. The van der Waals surface area contributed by atoms with E-state index < -0.39 is 0 Å². The summed E-state index contributed by atoms with van der Waals surface area (Å²) >= 11 is 1.69. The summed E-state index contributed by atoms with van der Waals surface area (Å²) < 4.78 is 0. The molecule has 0 aliphatic rings. The van der Waals surface area contributed by atoms with Gasteiger partial charge >= 0.3 is 0 Å². The average Bonchev–Trinajstić information content (AvgIpc) is 2.29. The van der Waals surface area contributed by atoms with Crippen LogP contribution in [0.3, 0.4) is 0 Å². The van der Waals surface area contributed by atoms with E-state index in [1.54, 1.807) is 24.0 Å². The number of aromatic amines is 1. The summed E-state index contributed by atoms with van der Waals surface area (Å²) in [6.45, 7) is 0. The van der Waals surface area contributed by atoms with Gasteiger partial charge in [-0.3, -0.25) is 4.79 Å². The summed E-state index contributed by atoms with van der Waals surface area (Å²) in [6.07, 6.45) is 3.70. The maximum atomic E-state index is 11.2. The third kappa shape index (κ3) is 2.30. The molecule has 0 atom stereocenters. The number of thioether (sulfide) groups is 1. The van der Waals surface area contributed by atoms with Crippen LogP contribution in [-0.4, -0.2) is 11.2 Å². The van der Waals surface area contributed by atoms with E-state index in [0.717, 1.165) is 11.3 Å². The summed E-state index contributed by atoms with van der Waals surface area (Å²) in [4.78, 5) is 15.5. The summed E-state index contributed by atoms with van der Waals surface area (Å²) in [5, 5.41) is 0. The van der Waals surface area contributed by atoms with Gasteiger partial charge in [0.25, 0.3) is 0 Å². The van der Waals surface area contributed by atoms with Crippen molar-refractivity contribution in [1.82, 2.24) is 4.98 Å².